The molecule has 0 radical (unpaired) electrons. The van der Waals surface area contributed by atoms with Crippen LogP contribution in [0.4, 0.5) is 4.39 Å². The van der Waals surface area contributed by atoms with E-state index >= 15 is 0 Å². The molecule has 0 fully saturated rings. The summed E-state index contributed by atoms with van der Waals surface area (Å²) in [4.78, 5) is 18.5. The minimum Gasteiger partial charge on any atom is -0.293 e. The highest BCUT2D eigenvalue weighted by molar-refractivity contribution is 7.09. The summed E-state index contributed by atoms with van der Waals surface area (Å²) in [5.74, 6) is 0.0209. The summed E-state index contributed by atoms with van der Waals surface area (Å²) < 4.78 is 13.4. The van der Waals surface area contributed by atoms with Crippen LogP contribution in [-0.4, -0.2) is 22.2 Å². The average Bonchev–Trinajstić information content (AvgIpc) is 3.31. The van der Waals surface area contributed by atoms with Gasteiger partial charge >= 0.3 is 0 Å². The Hall–Kier alpha value is -3.15. The van der Waals surface area contributed by atoms with Crippen LogP contribution in [0.3, 0.4) is 0 Å². The van der Waals surface area contributed by atoms with Crippen molar-refractivity contribution in [2.24, 2.45) is 0 Å². The van der Waals surface area contributed by atoms with Crippen LogP contribution < -0.4 is 0 Å². The number of aromatic nitrogens is 1. The Kier molecular flexibility index (Phi) is 7.76. The molecule has 0 aliphatic carbocycles. The lowest BCUT2D eigenvalue weighted by atomic mass is 9.88. The van der Waals surface area contributed by atoms with Crippen molar-refractivity contribution in [1.29, 1.82) is 0 Å². The van der Waals surface area contributed by atoms with Crippen LogP contribution in [0.2, 0.25) is 0 Å². The molecule has 1 heterocycles. The van der Waals surface area contributed by atoms with Crippen LogP contribution in [0.1, 0.15) is 51.4 Å². The van der Waals surface area contributed by atoms with Crippen molar-refractivity contribution in [2.45, 2.75) is 32.4 Å². The van der Waals surface area contributed by atoms with Crippen LogP contribution >= 0.6 is 11.3 Å². The summed E-state index contributed by atoms with van der Waals surface area (Å²) in [5.41, 5.74) is 4.15. The summed E-state index contributed by atoms with van der Waals surface area (Å²) in [6, 6.07) is 27.8. The molecule has 0 aliphatic heterocycles. The summed E-state index contributed by atoms with van der Waals surface area (Å²) in [6.07, 6.45) is 0.931. The molecule has 1 aromatic heterocycles. The maximum Gasteiger partial charge on any atom is 0.178 e. The van der Waals surface area contributed by atoms with Gasteiger partial charge in [0, 0.05) is 24.8 Å². The molecule has 3 aromatic carbocycles. The molecule has 3 nitrogen and oxygen atoms in total. The van der Waals surface area contributed by atoms with Gasteiger partial charge in [0.15, 0.2) is 5.78 Å². The van der Waals surface area contributed by atoms with Gasteiger partial charge in [-0.05, 0) is 41.8 Å². The van der Waals surface area contributed by atoms with Crippen LogP contribution in [0.5, 0.6) is 0 Å². The fourth-order valence-electron chi connectivity index (χ4n) is 4.01. The second-order valence-electron chi connectivity index (χ2n) is 8.18. The van der Waals surface area contributed by atoms with Gasteiger partial charge in [0.2, 0.25) is 0 Å². The summed E-state index contributed by atoms with van der Waals surface area (Å²) in [5, 5.41) is 2.74. The number of carbonyl (C=O) groups excluding carboxylic acids is 1. The fourth-order valence-corrected chi connectivity index (χ4v) is 4.88. The maximum absolute atomic E-state index is 13.4. The molecule has 0 unspecified atom stereocenters. The molecular formula is C28H27FN2OS. The van der Waals surface area contributed by atoms with E-state index in [1.807, 2.05) is 29.6 Å². The molecule has 4 aromatic rings. The zero-order valence-corrected chi connectivity index (χ0v) is 19.5. The summed E-state index contributed by atoms with van der Waals surface area (Å²) in [7, 11) is 0. The van der Waals surface area contributed by atoms with Gasteiger partial charge in [-0.15, -0.1) is 11.3 Å². The number of Topliss-reactive ketones (excluding diaryl/α,β-unsaturated/α-hetero) is 1. The Labute approximate surface area is 198 Å². The zero-order chi connectivity index (χ0) is 23.0. The number of halogens is 1. The predicted molar refractivity (Wildman–Crippen MR) is 132 cm³/mol. The molecule has 0 spiro atoms. The molecule has 4 rings (SSSR count). The highest BCUT2D eigenvalue weighted by Gasteiger charge is 2.18. The standard InChI is InChI=1S/C28H27FN2OS/c1-21(32)27-20-33-28(30-27)19-31(18-22-12-14-25(29)15-13-22)17-16-26(23-8-4-2-5-9-23)24-10-6-3-7-11-24/h2-15,20,26H,16-19H2,1H3. The number of thiazole rings is 1. The third-order valence-electron chi connectivity index (χ3n) is 5.73. The van der Waals surface area contributed by atoms with Gasteiger partial charge < -0.3 is 0 Å². The van der Waals surface area contributed by atoms with E-state index < -0.39 is 0 Å². The van der Waals surface area contributed by atoms with E-state index in [1.165, 1.54) is 34.6 Å². The van der Waals surface area contributed by atoms with Crippen molar-refractivity contribution in [3.05, 3.63) is 124 Å². The number of rotatable bonds is 10. The summed E-state index contributed by atoms with van der Waals surface area (Å²) in [6.45, 7) is 3.71. The first kappa shape index (κ1) is 23.0. The largest absolute Gasteiger partial charge is 0.293 e. The first-order chi connectivity index (χ1) is 16.1. The minimum absolute atomic E-state index is 0.0178. The number of benzene rings is 3. The molecule has 0 saturated carbocycles. The van der Waals surface area contributed by atoms with Crippen molar-refractivity contribution in [3.8, 4) is 0 Å². The highest BCUT2D eigenvalue weighted by atomic mass is 32.1. The monoisotopic (exact) mass is 458 g/mol. The molecule has 0 bridgehead atoms. The lowest BCUT2D eigenvalue weighted by Gasteiger charge is -2.25. The van der Waals surface area contributed by atoms with E-state index in [9.17, 15) is 9.18 Å². The van der Waals surface area contributed by atoms with Crippen LogP contribution in [0, 0.1) is 5.82 Å². The smallest absolute Gasteiger partial charge is 0.178 e. The fraction of sp³-hybridized carbons (Fsp3) is 0.214. The quantitative estimate of drug-likeness (QED) is 0.248. The normalized spacial score (nSPS) is 11.3. The van der Waals surface area contributed by atoms with Crippen molar-refractivity contribution >= 4 is 17.1 Å². The van der Waals surface area contributed by atoms with Crippen molar-refractivity contribution in [2.75, 3.05) is 6.54 Å². The Morgan fingerprint density at radius 2 is 1.52 bits per heavy atom. The van der Waals surface area contributed by atoms with Gasteiger partial charge in [-0.25, -0.2) is 9.37 Å². The lowest BCUT2D eigenvalue weighted by Crippen LogP contribution is -2.25. The van der Waals surface area contributed by atoms with Gasteiger partial charge in [0.1, 0.15) is 16.5 Å². The van der Waals surface area contributed by atoms with Crippen molar-refractivity contribution in [1.82, 2.24) is 9.88 Å². The molecule has 0 atom stereocenters. The zero-order valence-electron chi connectivity index (χ0n) is 18.7. The Bertz CT molecular complexity index is 1120. The van der Waals surface area contributed by atoms with E-state index in [0.717, 1.165) is 23.5 Å². The van der Waals surface area contributed by atoms with E-state index in [4.69, 9.17) is 0 Å². The van der Waals surface area contributed by atoms with Crippen LogP contribution in [0.25, 0.3) is 0 Å². The first-order valence-corrected chi connectivity index (χ1v) is 12.0. The molecule has 0 amide bonds. The van der Waals surface area contributed by atoms with Crippen molar-refractivity contribution in [3.63, 3.8) is 0 Å². The third kappa shape index (κ3) is 6.44. The van der Waals surface area contributed by atoms with Gasteiger partial charge in [0.05, 0.1) is 6.54 Å². The molecule has 0 aliphatic rings. The highest BCUT2D eigenvalue weighted by Crippen LogP contribution is 2.29. The molecule has 0 saturated heterocycles. The number of carbonyl (C=O) groups is 1. The van der Waals surface area contributed by atoms with Gasteiger partial charge in [-0.2, -0.15) is 0 Å². The molecular weight excluding hydrogens is 431 g/mol. The Morgan fingerprint density at radius 3 is 2.06 bits per heavy atom. The van der Waals surface area contributed by atoms with Gasteiger partial charge in [0.25, 0.3) is 0 Å². The van der Waals surface area contributed by atoms with E-state index in [1.54, 1.807) is 6.92 Å². The lowest BCUT2D eigenvalue weighted by molar-refractivity contribution is 0.101. The van der Waals surface area contributed by atoms with E-state index in [2.05, 4.69) is 58.4 Å². The topological polar surface area (TPSA) is 33.2 Å². The average molecular weight is 459 g/mol. The number of nitrogens with zero attached hydrogens (tertiary/aromatic N) is 2. The van der Waals surface area contributed by atoms with Crippen LogP contribution in [0.15, 0.2) is 90.3 Å². The number of hydrogen-bond donors (Lipinski definition) is 0. The predicted octanol–water partition coefficient (Wildman–Crippen LogP) is 6.71. The second kappa shape index (κ2) is 11.1. The Morgan fingerprint density at radius 1 is 0.909 bits per heavy atom. The summed E-state index contributed by atoms with van der Waals surface area (Å²) >= 11 is 1.51. The maximum atomic E-state index is 13.4. The van der Waals surface area contributed by atoms with Gasteiger partial charge in [-0.1, -0.05) is 72.8 Å². The SMILES string of the molecule is CC(=O)c1csc(CN(CCC(c2ccccc2)c2ccccc2)Cc2ccc(F)cc2)n1. The molecule has 33 heavy (non-hydrogen) atoms. The molecule has 168 valence electrons. The Balaban J connectivity index is 1.55. The van der Waals surface area contributed by atoms with Crippen LogP contribution in [-0.2, 0) is 13.1 Å². The van der Waals surface area contributed by atoms with E-state index in [0.29, 0.717) is 18.8 Å². The molecule has 5 heteroatoms. The van der Waals surface area contributed by atoms with Gasteiger partial charge in [-0.3, -0.25) is 9.69 Å². The van der Waals surface area contributed by atoms with E-state index in [-0.39, 0.29) is 17.5 Å². The minimum atomic E-state index is -0.232. The third-order valence-corrected chi connectivity index (χ3v) is 6.56. The second-order valence-corrected chi connectivity index (χ2v) is 9.13. The molecule has 0 N–H and O–H groups in total. The van der Waals surface area contributed by atoms with Crippen molar-refractivity contribution < 1.29 is 9.18 Å². The number of hydrogen-bond acceptors (Lipinski definition) is 4. The first-order valence-electron chi connectivity index (χ1n) is 11.1. The number of ketones is 1.